The Morgan fingerprint density at radius 3 is 2.53 bits per heavy atom. The van der Waals surface area contributed by atoms with Crippen molar-refractivity contribution in [2.45, 2.75) is 20.8 Å². The van der Waals surface area contributed by atoms with Crippen LogP contribution in [0.3, 0.4) is 0 Å². The van der Waals surface area contributed by atoms with Crippen LogP contribution in [0.1, 0.15) is 31.3 Å². The summed E-state index contributed by atoms with van der Waals surface area (Å²) in [6, 6.07) is 3.62. The molecule has 0 saturated heterocycles. The SMILES string of the molecule is CC(C)(C)C(=O)c1ccc(-n2ccnc2)cn1. The van der Waals surface area contributed by atoms with Gasteiger partial charge in [-0.15, -0.1) is 0 Å². The highest BCUT2D eigenvalue weighted by Crippen LogP contribution is 2.19. The molecule has 2 aromatic rings. The van der Waals surface area contributed by atoms with E-state index in [1.54, 1.807) is 24.8 Å². The maximum atomic E-state index is 12.0. The van der Waals surface area contributed by atoms with Crippen molar-refractivity contribution >= 4 is 5.78 Å². The van der Waals surface area contributed by atoms with Gasteiger partial charge in [-0.05, 0) is 12.1 Å². The zero-order valence-corrected chi connectivity index (χ0v) is 10.2. The van der Waals surface area contributed by atoms with Gasteiger partial charge in [0.05, 0.1) is 18.2 Å². The summed E-state index contributed by atoms with van der Waals surface area (Å²) in [5, 5.41) is 0. The minimum atomic E-state index is -0.399. The molecule has 2 rings (SSSR count). The van der Waals surface area contributed by atoms with Crippen molar-refractivity contribution in [1.82, 2.24) is 14.5 Å². The number of hydrogen-bond donors (Lipinski definition) is 0. The highest BCUT2D eigenvalue weighted by atomic mass is 16.1. The van der Waals surface area contributed by atoms with Crippen LogP contribution in [0.25, 0.3) is 5.69 Å². The summed E-state index contributed by atoms with van der Waals surface area (Å²) < 4.78 is 1.85. The van der Waals surface area contributed by atoms with Crippen molar-refractivity contribution in [3.8, 4) is 5.69 Å². The van der Waals surface area contributed by atoms with Crippen LogP contribution in [0, 0.1) is 5.41 Å². The third kappa shape index (κ3) is 2.41. The first kappa shape index (κ1) is 11.5. The van der Waals surface area contributed by atoms with Crippen molar-refractivity contribution in [2.75, 3.05) is 0 Å². The van der Waals surface area contributed by atoms with E-state index in [1.807, 2.05) is 37.6 Å². The Hall–Kier alpha value is -1.97. The van der Waals surface area contributed by atoms with Crippen LogP contribution in [0.5, 0.6) is 0 Å². The van der Waals surface area contributed by atoms with Gasteiger partial charge in [0, 0.05) is 17.8 Å². The molecule has 0 bridgehead atoms. The van der Waals surface area contributed by atoms with Crippen molar-refractivity contribution < 1.29 is 4.79 Å². The quantitative estimate of drug-likeness (QED) is 0.743. The number of ketones is 1. The van der Waals surface area contributed by atoms with Gasteiger partial charge in [0.25, 0.3) is 0 Å². The minimum Gasteiger partial charge on any atom is -0.305 e. The van der Waals surface area contributed by atoms with Gasteiger partial charge in [0.2, 0.25) is 0 Å². The van der Waals surface area contributed by atoms with E-state index in [1.165, 1.54) is 0 Å². The first-order chi connectivity index (χ1) is 7.98. The number of nitrogens with zero attached hydrogens (tertiary/aromatic N) is 3. The van der Waals surface area contributed by atoms with E-state index in [0.717, 1.165) is 5.69 Å². The van der Waals surface area contributed by atoms with Gasteiger partial charge in [-0.25, -0.2) is 4.98 Å². The molecular weight excluding hydrogens is 214 g/mol. The van der Waals surface area contributed by atoms with Crippen LogP contribution >= 0.6 is 0 Å². The molecular formula is C13H15N3O. The molecule has 0 unspecified atom stereocenters. The molecule has 17 heavy (non-hydrogen) atoms. The highest BCUT2D eigenvalue weighted by Gasteiger charge is 2.23. The third-order valence-corrected chi connectivity index (χ3v) is 2.46. The summed E-state index contributed by atoms with van der Waals surface area (Å²) in [6.45, 7) is 5.67. The Morgan fingerprint density at radius 2 is 2.06 bits per heavy atom. The number of carbonyl (C=O) groups is 1. The minimum absolute atomic E-state index is 0.0506. The summed E-state index contributed by atoms with van der Waals surface area (Å²) >= 11 is 0. The van der Waals surface area contributed by atoms with E-state index in [2.05, 4.69) is 9.97 Å². The maximum Gasteiger partial charge on any atom is 0.186 e. The maximum absolute atomic E-state index is 12.0. The molecule has 0 atom stereocenters. The number of hydrogen-bond acceptors (Lipinski definition) is 3. The fourth-order valence-electron chi connectivity index (χ4n) is 1.47. The lowest BCUT2D eigenvalue weighted by atomic mass is 9.89. The van der Waals surface area contributed by atoms with Gasteiger partial charge in [-0.3, -0.25) is 9.78 Å². The van der Waals surface area contributed by atoms with Gasteiger partial charge < -0.3 is 4.57 Å². The topological polar surface area (TPSA) is 47.8 Å². The van der Waals surface area contributed by atoms with Gasteiger partial charge in [0.15, 0.2) is 5.78 Å². The third-order valence-electron chi connectivity index (χ3n) is 2.46. The van der Waals surface area contributed by atoms with Crippen LogP contribution in [0.15, 0.2) is 37.1 Å². The summed E-state index contributed by atoms with van der Waals surface area (Å²) in [7, 11) is 0. The summed E-state index contributed by atoms with van der Waals surface area (Å²) in [4.78, 5) is 20.1. The number of rotatable bonds is 2. The molecule has 0 aromatic carbocycles. The lowest BCUT2D eigenvalue weighted by Gasteiger charge is -2.15. The predicted octanol–water partition coefficient (Wildman–Crippen LogP) is 2.50. The smallest absolute Gasteiger partial charge is 0.186 e. The highest BCUT2D eigenvalue weighted by molar-refractivity contribution is 5.98. The molecule has 0 saturated carbocycles. The first-order valence-corrected chi connectivity index (χ1v) is 5.48. The molecule has 0 spiro atoms. The molecule has 0 aliphatic rings. The zero-order valence-electron chi connectivity index (χ0n) is 10.2. The van der Waals surface area contributed by atoms with Crippen molar-refractivity contribution in [2.24, 2.45) is 5.41 Å². The molecule has 0 aliphatic heterocycles. The number of aromatic nitrogens is 3. The van der Waals surface area contributed by atoms with Crippen LogP contribution < -0.4 is 0 Å². The first-order valence-electron chi connectivity index (χ1n) is 5.48. The average molecular weight is 229 g/mol. The monoisotopic (exact) mass is 229 g/mol. The normalized spacial score (nSPS) is 11.5. The fraction of sp³-hybridized carbons (Fsp3) is 0.308. The average Bonchev–Trinajstić information content (AvgIpc) is 2.80. The van der Waals surface area contributed by atoms with E-state index >= 15 is 0 Å². The van der Waals surface area contributed by atoms with E-state index in [4.69, 9.17) is 0 Å². The van der Waals surface area contributed by atoms with Crippen LogP contribution in [0.4, 0.5) is 0 Å². The second-order valence-corrected chi connectivity index (χ2v) is 4.95. The summed E-state index contributed by atoms with van der Waals surface area (Å²) in [6.07, 6.45) is 6.92. The number of Topliss-reactive ketones (excluding diaryl/α,β-unsaturated/α-hetero) is 1. The van der Waals surface area contributed by atoms with Gasteiger partial charge in [0.1, 0.15) is 5.69 Å². The van der Waals surface area contributed by atoms with Crippen LogP contribution in [-0.2, 0) is 0 Å². The van der Waals surface area contributed by atoms with Gasteiger partial charge in [-0.1, -0.05) is 20.8 Å². The number of imidazole rings is 1. The Kier molecular flexibility index (Phi) is 2.79. The molecule has 88 valence electrons. The zero-order chi connectivity index (χ0) is 12.5. The van der Waals surface area contributed by atoms with Crippen LogP contribution in [-0.4, -0.2) is 20.3 Å². The second-order valence-electron chi connectivity index (χ2n) is 4.95. The molecule has 4 heteroatoms. The van der Waals surface area contributed by atoms with Gasteiger partial charge >= 0.3 is 0 Å². The molecule has 0 N–H and O–H groups in total. The van der Waals surface area contributed by atoms with E-state index < -0.39 is 5.41 Å². The Balaban J connectivity index is 2.28. The van der Waals surface area contributed by atoms with E-state index in [0.29, 0.717) is 5.69 Å². The summed E-state index contributed by atoms with van der Waals surface area (Å²) in [5.41, 5.74) is 0.998. The number of pyridine rings is 1. The molecule has 0 aliphatic carbocycles. The Labute approximate surface area is 100 Å². The van der Waals surface area contributed by atoms with Crippen molar-refractivity contribution in [3.63, 3.8) is 0 Å². The van der Waals surface area contributed by atoms with Crippen molar-refractivity contribution in [3.05, 3.63) is 42.7 Å². The molecule has 2 heterocycles. The molecule has 2 aromatic heterocycles. The fourth-order valence-corrected chi connectivity index (χ4v) is 1.47. The molecule has 0 fully saturated rings. The Bertz CT molecular complexity index is 507. The van der Waals surface area contributed by atoms with E-state index in [9.17, 15) is 4.79 Å². The Morgan fingerprint density at radius 1 is 1.29 bits per heavy atom. The molecule has 0 radical (unpaired) electrons. The molecule has 4 nitrogen and oxygen atoms in total. The lowest BCUT2D eigenvalue weighted by Crippen LogP contribution is -2.21. The van der Waals surface area contributed by atoms with Crippen LogP contribution in [0.2, 0.25) is 0 Å². The summed E-state index contributed by atoms with van der Waals surface area (Å²) in [5.74, 6) is 0.0506. The van der Waals surface area contributed by atoms with Gasteiger partial charge in [-0.2, -0.15) is 0 Å². The number of carbonyl (C=O) groups excluding carboxylic acids is 1. The predicted molar refractivity (Wildman–Crippen MR) is 65.1 cm³/mol. The lowest BCUT2D eigenvalue weighted by molar-refractivity contribution is 0.0853. The molecule has 0 amide bonds. The second kappa shape index (κ2) is 4.13. The van der Waals surface area contributed by atoms with Crippen molar-refractivity contribution in [1.29, 1.82) is 0 Å². The largest absolute Gasteiger partial charge is 0.305 e. The van der Waals surface area contributed by atoms with E-state index in [-0.39, 0.29) is 5.78 Å². The standard InChI is InChI=1S/C13H15N3O/c1-13(2,3)12(17)11-5-4-10(8-15-11)16-7-6-14-9-16/h4-9H,1-3H3.